The summed E-state index contributed by atoms with van der Waals surface area (Å²) in [5.41, 5.74) is 2.06. The van der Waals surface area contributed by atoms with Crippen molar-refractivity contribution >= 4 is 16.7 Å². The lowest BCUT2D eigenvalue weighted by Crippen LogP contribution is -2.37. The summed E-state index contributed by atoms with van der Waals surface area (Å²) in [5.74, 6) is 1.61. The second-order valence-electron chi connectivity index (χ2n) is 5.84. The van der Waals surface area contributed by atoms with Crippen molar-refractivity contribution < 1.29 is 4.74 Å². The summed E-state index contributed by atoms with van der Waals surface area (Å²) in [4.78, 5) is 9.19. The van der Waals surface area contributed by atoms with Gasteiger partial charge in [0.15, 0.2) is 5.96 Å². The summed E-state index contributed by atoms with van der Waals surface area (Å²) in [6, 6.07) is 18.2. The van der Waals surface area contributed by atoms with E-state index in [4.69, 9.17) is 4.74 Å². The molecule has 0 atom stereocenters. The van der Waals surface area contributed by atoms with Crippen molar-refractivity contribution in [2.24, 2.45) is 4.99 Å². The first-order chi connectivity index (χ1) is 12.8. The van der Waals surface area contributed by atoms with E-state index in [2.05, 4.69) is 39.7 Å². The Morgan fingerprint density at radius 3 is 2.69 bits per heavy atom. The molecule has 0 spiro atoms. The largest absolute Gasteiger partial charge is 0.496 e. The van der Waals surface area contributed by atoms with Gasteiger partial charge in [-0.2, -0.15) is 0 Å². The monoisotopic (exact) mass is 348 g/mol. The minimum atomic E-state index is 0.544. The van der Waals surface area contributed by atoms with Crippen LogP contribution >= 0.6 is 0 Å². The molecule has 0 amide bonds. The van der Waals surface area contributed by atoms with Crippen molar-refractivity contribution in [3.8, 4) is 5.75 Å². The molecule has 1 heterocycles. The zero-order valence-electron chi connectivity index (χ0n) is 15.2. The number of hydrogen-bond donors (Lipinski definition) is 2. The lowest BCUT2D eigenvalue weighted by molar-refractivity contribution is 0.410. The van der Waals surface area contributed by atoms with Gasteiger partial charge in [-0.25, -0.2) is 4.99 Å². The van der Waals surface area contributed by atoms with Gasteiger partial charge in [-0.3, -0.25) is 4.98 Å². The Balaban J connectivity index is 1.74. The smallest absolute Gasteiger partial charge is 0.191 e. The molecule has 0 radical (unpaired) electrons. The van der Waals surface area contributed by atoms with E-state index in [9.17, 15) is 0 Å². The molecule has 0 bridgehead atoms. The molecular weight excluding hydrogens is 324 g/mol. The highest BCUT2D eigenvalue weighted by atomic mass is 16.5. The van der Waals surface area contributed by atoms with Crippen LogP contribution < -0.4 is 15.4 Å². The van der Waals surface area contributed by atoms with Crippen LogP contribution in [-0.4, -0.2) is 24.6 Å². The highest BCUT2D eigenvalue weighted by Gasteiger charge is 2.05. The first-order valence-corrected chi connectivity index (χ1v) is 8.78. The zero-order valence-corrected chi connectivity index (χ0v) is 15.2. The maximum atomic E-state index is 5.40. The molecule has 0 fully saturated rings. The molecule has 134 valence electrons. The third-order valence-electron chi connectivity index (χ3n) is 4.12. The number of hydrogen-bond acceptors (Lipinski definition) is 3. The highest BCUT2D eigenvalue weighted by Crippen LogP contribution is 2.18. The number of methoxy groups -OCH3 is 1. The van der Waals surface area contributed by atoms with E-state index >= 15 is 0 Å². The van der Waals surface area contributed by atoms with Crippen molar-refractivity contribution in [3.05, 3.63) is 72.1 Å². The third-order valence-corrected chi connectivity index (χ3v) is 4.12. The van der Waals surface area contributed by atoms with Gasteiger partial charge in [-0.05, 0) is 24.4 Å². The van der Waals surface area contributed by atoms with Crippen LogP contribution in [0.3, 0.4) is 0 Å². The molecule has 2 aromatic carbocycles. The van der Waals surface area contributed by atoms with Gasteiger partial charge in [0, 0.05) is 23.7 Å². The Bertz CT molecular complexity index is 887. The second kappa shape index (κ2) is 8.85. The van der Waals surface area contributed by atoms with Gasteiger partial charge in [0.05, 0.1) is 25.9 Å². The van der Waals surface area contributed by atoms with Crippen LogP contribution in [0.1, 0.15) is 18.2 Å². The number of aliphatic imine (C=N–C) groups is 1. The minimum absolute atomic E-state index is 0.544. The van der Waals surface area contributed by atoms with Crippen molar-refractivity contribution in [2.45, 2.75) is 20.0 Å². The summed E-state index contributed by atoms with van der Waals surface area (Å²) in [5, 5.41) is 9.00. The Kier molecular flexibility index (Phi) is 6.04. The average molecular weight is 348 g/mol. The van der Waals surface area contributed by atoms with E-state index < -0.39 is 0 Å². The maximum Gasteiger partial charge on any atom is 0.191 e. The standard InChI is InChI=1S/C21H24N4O/c1-3-22-21(24-14-17-9-5-7-11-20(17)26-2)25-15-19-18-10-6-4-8-16(18)12-13-23-19/h4-13H,3,14-15H2,1-2H3,(H2,22,24,25). The van der Waals surface area contributed by atoms with Crippen LogP contribution in [0.25, 0.3) is 10.8 Å². The van der Waals surface area contributed by atoms with Crippen LogP contribution in [-0.2, 0) is 13.1 Å². The number of fused-ring (bicyclic) bond motifs is 1. The van der Waals surface area contributed by atoms with E-state index in [1.807, 2.05) is 48.7 Å². The van der Waals surface area contributed by atoms with Crippen molar-refractivity contribution in [1.82, 2.24) is 15.6 Å². The number of rotatable bonds is 6. The van der Waals surface area contributed by atoms with E-state index in [-0.39, 0.29) is 0 Å². The number of nitrogens with one attached hydrogen (secondary N) is 2. The average Bonchev–Trinajstić information content (AvgIpc) is 2.70. The molecule has 0 saturated carbocycles. The molecule has 5 nitrogen and oxygen atoms in total. The molecule has 2 N–H and O–H groups in total. The normalized spacial score (nSPS) is 11.4. The van der Waals surface area contributed by atoms with Crippen LogP contribution in [0.15, 0.2) is 65.8 Å². The van der Waals surface area contributed by atoms with Crippen molar-refractivity contribution in [3.63, 3.8) is 0 Å². The predicted molar refractivity (Wildman–Crippen MR) is 106 cm³/mol. The van der Waals surface area contributed by atoms with Crippen LogP contribution in [0, 0.1) is 0 Å². The number of para-hydroxylation sites is 1. The van der Waals surface area contributed by atoms with Gasteiger partial charge in [0.1, 0.15) is 5.75 Å². The molecule has 0 aliphatic heterocycles. The molecular formula is C21H24N4O. The summed E-state index contributed by atoms with van der Waals surface area (Å²) in [6.07, 6.45) is 1.85. The van der Waals surface area contributed by atoms with E-state index in [0.717, 1.165) is 34.9 Å². The fourth-order valence-corrected chi connectivity index (χ4v) is 2.83. The van der Waals surface area contributed by atoms with Gasteiger partial charge in [0.25, 0.3) is 0 Å². The quantitative estimate of drug-likeness (QED) is 0.529. The van der Waals surface area contributed by atoms with Crippen molar-refractivity contribution in [1.29, 1.82) is 0 Å². The number of nitrogens with zero attached hydrogens (tertiary/aromatic N) is 2. The summed E-state index contributed by atoms with van der Waals surface area (Å²) < 4.78 is 5.40. The first-order valence-electron chi connectivity index (χ1n) is 8.78. The molecule has 0 unspecified atom stereocenters. The van der Waals surface area contributed by atoms with E-state index in [1.54, 1.807) is 7.11 Å². The fourth-order valence-electron chi connectivity index (χ4n) is 2.83. The number of ether oxygens (including phenoxy) is 1. The topological polar surface area (TPSA) is 58.5 Å². The zero-order chi connectivity index (χ0) is 18.2. The number of aromatic nitrogens is 1. The summed E-state index contributed by atoms with van der Waals surface area (Å²) in [7, 11) is 1.68. The Labute approximate surface area is 154 Å². The highest BCUT2D eigenvalue weighted by molar-refractivity contribution is 5.85. The molecule has 0 aliphatic rings. The molecule has 5 heteroatoms. The van der Waals surface area contributed by atoms with Crippen LogP contribution in [0.2, 0.25) is 0 Å². The lowest BCUT2D eigenvalue weighted by atomic mass is 10.1. The molecule has 3 rings (SSSR count). The molecule has 26 heavy (non-hydrogen) atoms. The SMILES string of the molecule is CCNC(=NCc1ccccc1OC)NCc1nccc2ccccc12. The molecule has 0 aliphatic carbocycles. The molecule has 0 saturated heterocycles. The number of benzene rings is 2. The molecule has 3 aromatic rings. The van der Waals surface area contributed by atoms with Gasteiger partial charge < -0.3 is 15.4 Å². The maximum absolute atomic E-state index is 5.40. The van der Waals surface area contributed by atoms with E-state index in [1.165, 1.54) is 5.39 Å². The first kappa shape index (κ1) is 17.7. The Morgan fingerprint density at radius 1 is 1.04 bits per heavy atom. The van der Waals surface area contributed by atoms with Crippen LogP contribution in [0.5, 0.6) is 5.75 Å². The number of pyridine rings is 1. The van der Waals surface area contributed by atoms with Gasteiger partial charge in [-0.1, -0.05) is 42.5 Å². The predicted octanol–water partition coefficient (Wildman–Crippen LogP) is 3.50. The minimum Gasteiger partial charge on any atom is -0.496 e. The fraction of sp³-hybridized carbons (Fsp3) is 0.238. The van der Waals surface area contributed by atoms with Gasteiger partial charge in [0.2, 0.25) is 0 Å². The van der Waals surface area contributed by atoms with E-state index in [0.29, 0.717) is 13.1 Å². The lowest BCUT2D eigenvalue weighted by Gasteiger charge is -2.13. The second-order valence-corrected chi connectivity index (χ2v) is 5.84. The Morgan fingerprint density at radius 2 is 1.85 bits per heavy atom. The number of guanidine groups is 1. The van der Waals surface area contributed by atoms with Crippen molar-refractivity contribution in [2.75, 3.05) is 13.7 Å². The summed E-state index contributed by atoms with van der Waals surface area (Å²) in [6.45, 7) is 4.00. The van der Waals surface area contributed by atoms with Gasteiger partial charge in [-0.15, -0.1) is 0 Å². The van der Waals surface area contributed by atoms with Crippen LogP contribution in [0.4, 0.5) is 0 Å². The Hall–Kier alpha value is -3.08. The summed E-state index contributed by atoms with van der Waals surface area (Å²) >= 11 is 0. The van der Waals surface area contributed by atoms with Gasteiger partial charge >= 0.3 is 0 Å². The third kappa shape index (κ3) is 4.30. The molecule has 1 aromatic heterocycles.